The Hall–Kier alpha value is -0.980. The summed E-state index contributed by atoms with van der Waals surface area (Å²) in [4.78, 5) is 0. The van der Waals surface area contributed by atoms with Gasteiger partial charge in [-0.25, -0.2) is 0 Å². The molecular weight excluding hydrogens is 307 g/mol. The zero-order valence-corrected chi connectivity index (χ0v) is 12.7. The van der Waals surface area contributed by atoms with E-state index in [0.29, 0.717) is 0 Å². The molecule has 0 bridgehead atoms. The first-order chi connectivity index (χ1) is 8.54. The van der Waals surface area contributed by atoms with Gasteiger partial charge in [0.15, 0.2) is 8.46 Å². The van der Waals surface area contributed by atoms with E-state index >= 15 is 0 Å². The van der Waals surface area contributed by atoms with E-state index in [9.17, 15) is 4.57 Å². The molecule has 0 heterocycles. The van der Waals surface area contributed by atoms with Crippen LogP contribution in [-0.4, -0.2) is 0 Å². The molecule has 0 radical (unpaired) electrons. The van der Waals surface area contributed by atoms with E-state index in [0.717, 1.165) is 9.78 Å². The fourth-order valence-electron chi connectivity index (χ4n) is 2.75. The maximum absolute atomic E-state index is 11.0. The van der Waals surface area contributed by atoms with E-state index in [1.54, 1.807) is 0 Å². The number of hydrogen-bond donors (Lipinski definition) is 0. The van der Waals surface area contributed by atoms with Crippen molar-refractivity contribution in [2.45, 2.75) is 19.3 Å². The minimum absolute atomic E-state index is 0.0326. The molecule has 1 nitrogen and oxygen atoms in total. The molecule has 0 amide bonds. The lowest BCUT2D eigenvalue weighted by molar-refractivity contribution is 0.603. The Bertz CT molecular complexity index is 662. The van der Waals surface area contributed by atoms with E-state index in [4.69, 9.17) is 0 Å². The minimum Gasteiger partial charge on any atom is -0.269 e. The smallest absolute Gasteiger partial charge is 0.192 e. The molecular formula is C15H12BrOP. The molecule has 3 heteroatoms. The lowest BCUT2D eigenvalue weighted by Crippen LogP contribution is -2.16. The molecule has 0 saturated heterocycles. The van der Waals surface area contributed by atoms with E-state index in [1.807, 2.05) is 6.07 Å². The van der Waals surface area contributed by atoms with Crippen molar-refractivity contribution in [1.82, 2.24) is 0 Å². The van der Waals surface area contributed by atoms with Gasteiger partial charge in [0.1, 0.15) is 0 Å². The predicted octanol–water partition coefficient (Wildman–Crippen LogP) is 4.67. The second-order valence-electron chi connectivity index (χ2n) is 5.14. The molecule has 0 unspecified atom stereocenters. The summed E-state index contributed by atoms with van der Waals surface area (Å²) in [6, 6.07) is 12.5. The predicted molar refractivity (Wildman–Crippen MR) is 78.9 cm³/mol. The van der Waals surface area contributed by atoms with Gasteiger partial charge in [0.05, 0.1) is 0 Å². The third-order valence-corrected chi connectivity index (χ3v) is 4.71. The normalized spacial score (nSPS) is 15.5. The van der Waals surface area contributed by atoms with Gasteiger partial charge in [-0.15, -0.1) is 0 Å². The van der Waals surface area contributed by atoms with Crippen molar-refractivity contribution < 1.29 is 4.57 Å². The van der Waals surface area contributed by atoms with Gasteiger partial charge in [-0.1, -0.05) is 41.9 Å². The summed E-state index contributed by atoms with van der Waals surface area (Å²) < 4.78 is 12.1. The maximum atomic E-state index is 11.0. The minimum atomic E-state index is -0.0326. The summed E-state index contributed by atoms with van der Waals surface area (Å²) in [5.41, 5.74) is 5.10. The van der Waals surface area contributed by atoms with Crippen molar-refractivity contribution in [1.29, 1.82) is 0 Å². The summed E-state index contributed by atoms with van der Waals surface area (Å²) in [5, 5.41) is 0.841. The van der Waals surface area contributed by atoms with Crippen LogP contribution in [0.1, 0.15) is 25.0 Å². The van der Waals surface area contributed by atoms with Crippen LogP contribution < -0.4 is 5.30 Å². The van der Waals surface area contributed by atoms with Crippen molar-refractivity contribution in [3.8, 4) is 11.1 Å². The zero-order chi connectivity index (χ0) is 12.9. The highest BCUT2D eigenvalue weighted by Crippen LogP contribution is 2.48. The van der Waals surface area contributed by atoms with Gasteiger partial charge >= 0.3 is 0 Å². The highest BCUT2D eigenvalue weighted by Gasteiger charge is 2.35. The quantitative estimate of drug-likeness (QED) is 0.698. The van der Waals surface area contributed by atoms with Crippen LogP contribution in [0.4, 0.5) is 0 Å². The first kappa shape index (κ1) is 12.1. The molecule has 18 heavy (non-hydrogen) atoms. The van der Waals surface area contributed by atoms with Crippen LogP contribution >= 0.6 is 24.4 Å². The van der Waals surface area contributed by atoms with E-state index < -0.39 is 0 Å². The van der Waals surface area contributed by atoms with Crippen molar-refractivity contribution >= 4 is 29.7 Å². The number of halogens is 1. The molecule has 0 aromatic heterocycles. The molecule has 2 aromatic carbocycles. The number of rotatable bonds is 1. The Balaban J connectivity index is 2.34. The highest BCUT2D eigenvalue weighted by molar-refractivity contribution is 9.10. The SMILES string of the molecule is CC1(C)c2cc(Br)ccc2-c2ccc(P=O)cc21. The Morgan fingerprint density at radius 1 is 1.00 bits per heavy atom. The standard InChI is InChI=1S/C15H12BrOP/c1-15(2)13-7-9(16)3-5-11(13)12-6-4-10(18-17)8-14(12)15/h3-8H,1-2H3. The number of benzene rings is 2. The fourth-order valence-corrected chi connectivity index (χ4v) is 3.43. The summed E-state index contributed by atoms with van der Waals surface area (Å²) in [5.74, 6) is 0. The summed E-state index contributed by atoms with van der Waals surface area (Å²) in [6.45, 7) is 4.44. The number of hydrogen-bond acceptors (Lipinski definition) is 1. The summed E-state index contributed by atoms with van der Waals surface area (Å²) in [6.07, 6.45) is 0. The number of fused-ring (bicyclic) bond motifs is 3. The largest absolute Gasteiger partial charge is 0.269 e. The molecule has 2 aromatic rings. The van der Waals surface area contributed by atoms with Crippen molar-refractivity contribution in [2.24, 2.45) is 0 Å². The molecule has 3 rings (SSSR count). The van der Waals surface area contributed by atoms with Crippen LogP contribution in [0.25, 0.3) is 11.1 Å². The zero-order valence-electron chi connectivity index (χ0n) is 10.2. The Morgan fingerprint density at radius 2 is 1.61 bits per heavy atom. The van der Waals surface area contributed by atoms with Gasteiger partial charge in [0, 0.05) is 15.2 Å². The molecule has 0 aliphatic heterocycles. The van der Waals surface area contributed by atoms with E-state index in [2.05, 4.69) is 60.1 Å². The van der Waals surface area contributed by atoms with Crippen LogP contribution in [0, 0.1) is 0 Å². The molecule has 0 saturated carbocycles. The Kier molecular flexibility index (Phi) is 2.69. The van der Waals surface area contributed by atoms with Crippen LogP contribution in [0.15, 0.2) is 40.9 Å². The van der Waals surface area contributed by atoms with E-state index in [1.165, 1.54) is 22.3 Å². The van der Waals surface area contributed by atoms with E-state index in [-0.39, 0.29) is 13.9 Å². The van der Waals surface area contributed by atoms with Crippen LogP contribution in [0.5, 0.6) is 0 Å². The molecule has 1 aliphatic rings. The molecule has 0 N–H and O–H groups in total. The van der Waals surface area contributed by atoms with Gasteiger partial charge in [-0.3, -0.25) is 4.57 Å². The van der Waals surface area contributed by atoms with Crippen molar-refractivity contribution in [3.05, 3.63) is 52.0 Å². The lowest BCUT2D eigenvalue weighted by atomic mass is 9.82. The van der Waals surface area contributed by atoms with Crippen molar-refractivity contribution in [3.63, 3.8) is 0 Å². The Morgan fingerprint density at radius 3 is 2.28 bits per heavy atom. The summed E-state index contributed by atoms with van der Waals surface area (Å²) in [7, 11) is 0.0865. The van der Waals surface area contributed by atoms with Gasteiger partial charge in [0.25, 0.3) is 0 Å². The first-order valence-corrected chi connectivity index (χ1v) is 7.43. The molecule has 90 valence electrons. The van der Waals surface area contributed by atoms with Crippen LogP contribution in [-0.2, 0) is 9.98 Å². The molecule has 1 aliphatic carbocycles. The fraction of sp³-hybridized carbons (Fsp3) is 0.200. The average molecular weight is 319 g/mol. The molecule has 0 atom stereocenters. The first-order valence-electron chi connectivity index (χ1n) is 5.82. The average Bonchev–Trinajstić information content (AvgIpc) is 2.58. The monoisotopic (exact) mass is 318 g/mol. The third kappa shape index (κ3) is 1.60. The maximum Gasteiger partial charge on any atom is 0.192 e. The highest BCUT2D eigenvalue weighted by atomic mass is 79.9. The molecule has 0 fully saturated rings. The topological polar surface area (TPSA) is 17.1 Å². The van der Waals surface area contributed by atoms with Crippen LogP contribution in [0.2, 0.25) is 0 Å². The van der Waals surface area contributed by atoms with Gasteiger partial charge in [-0.05, 0) is 46.5 Å². The summed E-state index contributed by atoms with van der Waals surface area (Å²) >= 11 is 3.54. The Labute approximate surface area is 117 Å². The third-order valence-electron chi connectivity index (χ3n) is 3.73. The van der Waals surface area contributed by atoms with Crippen LogP contribution in [0.3, 0.4) is 0 Å². The second kappa shape index (κ2) is 4.01. The van der Waals surface area contributed by atoms with Crippen molar-refractivity contribution in [2.75, 3.05) is 0 Å². The van der Waals surface area contributed by atoms with Gasteiger partial charge < -0.3 is 0 Å². The van der Waals surface area contributed by atoms with Gasteiger partial charge in [-0.2, -0.15) is 0 Å². The lowest BCUT2D eigenvalue weighted by Gasteiger charge is -2.21. The molecule has 0 spiro atoms. The van der Waals surface area contributed by atoms with Gasteiger partial charge in [0.2, 0.25) is 0 Å². The second-order valence-corrected chi connectivity index (χ2v) is 6.75.